The molecule has 0 saturated carbocycles. The van der Waals surface area contributed by atoms with Crippen molar-refractivity contribution in [1.29, 1.82) is 0 Å². The number of rotatable bonds is 12. The fraction of sp³-hybridized carbons (Fsp3) is 0.360. The van der Waals surface area contributed by atoms with E-state index in [1.807, 2.05) is 55.5 Å². The van der Waals surface area contributed by atoms with Crippen LogP contribution < -0.4 is 15.2 Å². The summed E-state index contributed by atoms with van der Waals surface area (Å²) in [7, 11) is -1.81. The molecule has 4 rings (SSSR count). The van der Waals surface area contributed by atoms with Crippen molar-refractivity contribution < 1.29 is 17.9 Å². The Bertz CT molecular complexity index is 1400. The molecule has 0 spiro atoms. The average molecular weight is 498 g/mol. The first-order chi connectivity index (χ1) is 16.9. The molecule has 35 heavy (non-hydrogen) atoms. The number of fused-ring (bicyclic) bond motifs is 3. The lowest BCUT2D eigenvalue weighted by Gasteiger charge is -2.12. The van der Waals surface area contributed by atoms with Gasteiger partial charge in [0, 0.05) is 25.1 Å². The monoisotopic (exact) mass is 497 g/mol. The number of nitrogens with zero attached hydrogens (tertiary/aromatic N) is 3. The lowest BCUT2D eigenvalue weighted by Crippen LogP contribution is -2.26. The molecular weight excluding hydrogens is 466 g/mol. The Labute approximate surface area is 205 Å². The zero-order chi connectivity index (χ0) is 24.8. The molecule has 4 aromatic rings. The minimum atomic E-state index is -3.41. The molecule has 0 bridgehead atoms. The van der Waals surface area contributed by atoms with E-state index < -0.39 is 10.0 Å². The Hall–Kier alpha value is -3.21. The Morgan fingerprint density at radius 1 is 1.06 bits per heavy atom. The Morgan fingerprint density at radius 3 is 2.57 bits per heavy atom. The molecule has 0 aliphatic rings. The maximum Gasteiger partial charge on any atom is 0.211 e. The van der Waals surface area contributed by atoms with Gasteiger partial charge < -0.3 is 19.8 Å². The normalized spacial score (nSPS) is 11.9. The van der Waals surface area contributed by atoms with Gasteiger partial charge in [0.15, 0.2) is 5.82 Å². The van der Waals surface area contributed by atoms with E-state index in [1.165, 1.54) is 0 Å². The number of sulfonamides is 1. The van der Waals surface area contributed by atoms with Crippen LogP contribution in [0.2, 0.25) is 0 Å². The number of hydrogen-bond donors (Lipinski definition) is 2. The zero-order valence-electron chi connectivity index (χ0n) is 20.0. The molecule has 0 aliphatic carbocycles. The summed E-state index contributed by atoms with van der Waals surface area (Å²) in [5.74, 6) is 1.91. The first kappa shape index (κ1) is 24.9. The molecule has 3 N–H and O–H groups in total. The minimum absolute atomic E-state index is 0.0427. The van der Waals surface area contributed by atoms with Crippen molar-refractivity contribution in [3.63, 3.8) is 0 Å². The summed E-state index contributed by atoms with van der Waals surface area (Å²) < 4.78 is 40.6. The molecule has 0 radical (unpaired) electrons. The van der Waals surface area contributed by atoms with Crippen molar-refractivity contribution in [3.8, 4) is 5.75 Å². The number of nitrogen functional groups attached to an aromatic ring is 1. The van der Waals surface area contributed by atoms with Gasteiger partial charge in [-0.3, -0.25) is 0 Å². The third-order valence-corrected chi connectivity index (χ3v) is 7.23. The summed E-state index contributed by atoms with van der Waals surface area (Å²) in [6, 6.07) is 15.1. The van der Waals surface area contributed by atoms with E-state index >= 15 is 0 Å². The van der Waals surface area contributed by atoms with Crippen molar-refractivity contribution in [3.05, 3.63) is 59.9 Å². The van der Waals surface area contributed by atoms with Crippen LogP contribution in [0.15, 0.2) is 48.5 Å². The van der Waals surface area contributed by atoms with Gasteiger partial charge in [0.25, 0.3) is 0 Å². The minimum Gasteiger partial charge on any atom is -0.497 e. The van der Waals surface area contributed by atoms with Crippen LogP contribution in [0.5, 0.6) is 5.75 Å². The van der Waals surface area contributed by atoms with Gasteiger partial charge in [-0.05, 0) is 43.5 Å². The van der Waals surface area contributed by atoms with Crippen LogP contribution in [0.25, 0.3) is 21.9 Å². The second kappa shape index (κ2) is 11.0. The van der Waals surface area contributed by atoms with Gasteiger partial charge in [-0.2, -0.15) is 0 Å². The quantitative estimate of drug-likeness (QED) is 0.287. The van der Waals surface area contributed by atoms with Crippen LogP contribution >= 0.6 is 0 Å². The fourth-order valence-electron chi connectivity index (χ4n) is 4.02. The second-order valence-corrected chi connectivity index (χ2v) is 10.1. The Balaban J connectivity index is 1.45. The predicted molar refractivity (Wildman–Crippen MR) is 138 cm³/mol. The SMILES string of the molecule is CCOCc1nc2c(N)nc3ccccc3c2n1CCCCS(=O)(=O)NCc1ccc(OC)cc1. The van der Waals surface area contributed by atoms with Gasteiger partial charge >= 0.3 is 0 Å². The van der Waals surface area contributed by atoms with Crippen molar-refractivity contribution >= 4 is 37.8 Å². The first-order valence-electron chi connectivity index (χ1n) is 11.6. The van der Waals surface area contributed by atoms with Gasteiger partial charge in [0.2, 0.25) is 10.0 Å². The van der Waals surface area contributed by atoms with Gasteiger partial charge in [-0.25, -0.2) is 23.1 Å². The third kappa shape index (κ3) is 5.90. The van der Waals surface area contributed by atoms with Crippen LogP contribution in [0.3, 0.4) is 0 Å². The number of ether oxygens (including phenoxy) is 2. The highest BCUT2D eigenvalue weighted by Crippen LogP contribution is 2.29. The van der Waals surface area contributed by atoms with E-state index in [-0.39, 0.29) is 12.3 Å². The smallest absolute Gasteiger partial charge is 0.211 e. The summed E-state index contributed by atoms with van der Waals surface area (Å²) in [4.78, 5) is 9.20. The molecular formula is C25H31N5O4S. The lowest BCUT2D eigenvalue weighted by molar-refractivity contribution is 0.126. The van der Waals surface area contributed by atoms with Crippen LogP contribution in [0, 0.1) is 0 Å². The number of benzene rings is 2. The van der Waals surface area contributed by atoms with Crippen molar-refractivity contribution in [2.24, 2.45) is 0 Å². The number of methoxy groups -OCH3 is 1. The topological polar surface area (TPSA) is 121 Å². The van der Waals surface area contributed by atoms with Crippen LogP contribution in [0.1, 0.15) is 31.2 Å². The number of imidazole rings is 1. The second-order valence-electron chi connectivity index (χ2n) is 8.22. The highest BCUT2D eigenvalue weighted by atomic mass is 32.2. The van der Waals surface area contributed by atoms with Crippen molar-refractivity contribution in [2.75, 3.05) is 25.2 Å². The Kier molecular flexibility index (Phi) is 7.84. The maximum absolute atomic E-state index is 12.5. The van der Waals surface area contributed by atoms with Gasteiger partial charge in [-0.15, -0.1) is 0 Å². The number of unbranched alkanes of at least 4 members (excludes halogenated alkanes) is 1. The van der Waals surface area contributed by atoms with Crippen molar-refractivity contribution in [1.82, 2.24) is 19.3 Å². The predicted octanol–water partition coefficient (Wildman–Crippen LogP) is 3.61. The molecule has 2 aromatic carbocycles. The number of pyridine rings is 1. The lowest BCUT2D eigenvalue weighted by atomic mass is 10.2. The average Bonchev–Trinajstić information content (AvgIpc) is 3.24. The molecule has 0 fully saturated rings. The zero-order valence-corrected chi connectivity index (χ0v) is 20.8. The number of anilines is 1. The highest BCUT2D eigenvalue weighted by molar-refractivity contribution is 7.89. The summed E-state index contributed by atoms with van der Waals surface area (Å²) in [5.41, 5.74) is 9.44. The third-order valence-electron chi connectivity index (χ3n) is 5.82. The van der Waals surface area contributed by atoms with E-state index in [2.05, 4.69) is 14.3 Å². The van der Waals surface area contributed by atoms with Gasteiger partial charge in [0.1, 0.15) is 23.7 Å². The van der Waals surface area contributed by atoms with Crippen molar-refractivity contribution in [2.45, 2.75) is 39.5 Å². The van der Waals surface area contributed by atoms with E-state index in [1.54, 1.807) is 7.11 Å². The maximum atomic E-state index is 12.5. The highest BCUT2D eigenvalue weighted by Gasteiger charge is 2.18. The molecule has 0 atom stereocenters. The van der Waals surface area contributed by atoms with Gasteiger partial charge in [-0.1, -0.05) is 30.3 Å². The van der Waals surface area contributed by atoms with E-state index in [0.29, 0.717) is 43.9 Å². The molecule has 10 heteroatoms. The number of aromatic nitrogens is 3. The van der Waals surface area contributed by atoms with Crippen LogP contribution in [-0.2, 0) is 34.5 Å². The number of nitrogens with two attached hydrogens (primary N) is 1. The van der Waals surface area contributed by atoms with Crippen LogP contribution in [-0.4, -0.2) is 42.4 Å². The molecule has 0 aliphatic heterocycles. The van der Waals surface area contributed by atoms with Crippen LogP contribution in [0.4, 0.5) is 5.82 Å². The Morgan fingerprint density at radius 2 is 1.83 bits per heavy atom. The van der Waals surface area contributed by atoms with E-state index in [9.17, 15) is 8.42 Å². The molecule has 0 unspecified atom stereocenters. The van der Waals surface area contributed by atoms with E-state index in [4.69, 9.17) is 20.2 Å². The standard InChI is InChI=1S/C25H31N5O4S/c1-3-34-17-22-29-23-24(20-8-4-5-9-21(20)28-25(23)26)30(22)14-6-7-15-35(31,32)27-16-18-10-12-19(33-2)13-11-18/h4-5,8-13,27H,3,6-7,14-17H2,1-2H3,(H2,26,28). The number of hydrogen-bond acceptors (Lipinski definition) is 7. The molecule has 2 aromatic heterocycles. The summed E-state index contributed by atoms with van der Waals surface area (Å²) in [6.45, 7) is 3.69. The largest absolute Gasteiger partial charge is 0.497 e. The molecule has 0 amide bonds. The molecule has 9 nitrogen and oxygen atoms in total. The number of nitrogens with one attached hydrogen (secondary N) is 1. The first-order valence-corrected chi connectivity index (χ1v) is 13.3. The van der Waals surface area contributed by atoms with E-state index in [0.717, 1.165) is 33.6 Å². The summed E-state index contributed by atoms with van der Waals surface area (Å²) in [6.07, 6.45) is 1.16. The summed E-state index contributed by atoms with van der Waals surface area (Å²) >= 11 is 0. The fourth-order valence-corrected chi connectivity index (χ4v) is 5.14. The number of para-hydroxylation sites is 1. The summed E-state index contributed by atoms with van der Waals surface area (Å²) in [5, 5.41) is 0.959. The molecule has 0 saturated heterocycles. The molecule has 186 valence electrons. The van der Waals surface area contributed by atoms with Gasteiger partial charge in [0.05, 0.1) is 23.9 Å². The number of aryl methyl sites for hydroxylation is 1. The molecule has 2 heterocycles.